The molecule has 19 heavy (non-hydrogen) atoms. The summed E-state index contributed by atoms with van der Waals surface area (Å²) in [6.07, 6.45) is 14.1. The molecule has 3 atom stereocenters. The molecule has 0 aromatic carbocycles. The van der Waals surface area contributed by atoms with Crippen LogP contribution in [0.5, 0.6) is 0 Å². The van der Waals surface area contributed by atoms with Gasteiger partial charge in [-0.15, -0.1) is 0 Å². The highest BCUT2D eigenvalue weighted by Gasteiger charge is 2.24. The molecule has 0 aromatic rings. The zero-order chi connectivity index (χ0) is 13.9. The molecule has 0 amide bonds. The number of ether oxygens (including phenoxy) is 1. The lowest BCUT2D eigenvalue weighted by atomic mass is 10.0. The van der Waals surface area contributed by atoms with Crippen molar-refractivity contribution in [3.05, 3.63) is 0 Å². The maximum Gasteiger partial charge on any atom is 0.0731 e. The third-order valence-electron chi connectivity index (χ3n) is 4.29. The summed E-state index contributed by atoms with van der Waals surface area (Å²) < 4.78 is 6.35. The Balaban J connectivity index is 2.29. The quantitative estimate of drug-likeness (QED) is 0.485. The van der Waals surface area contributed by atoms with E-state index in [4.69, 9.17) is 4.74 Å². The second-order valence-corrected chi connectivity index (χ2v) is 6.14. The highest BCUT2D eigenvalue weighted by molar-refractivity contribution is 4.80. The van der Waals surface area contributed by atoms with Crippen molar-refractivity contribution in [3.8, 4) is 0 Å². The van der Waals surface area contributed by atoms with E-state index in [0.29, 0.717) is 18.2 Å². The summed E-state index contributed by atoms with van der Waals surface area (Å²) in [5, 5.41) is 3.63. The Bertz CT molecular complexity index is 207. The van der Waals surface area contributed by atoms with E-state index in [1.54, 1.807) is 0 Å². The molecule has 0 aromatic heterocycles. The van der Waals surface area contributed by atoms with E-state index in [-0.39, 0.29) is 0 Å². The molecule has 1 aliphatic carbocycles. The summed E-state index contributed by atoms with van der Waals surface area (Å²) in [7, 11) is 0. The van der Waals surface area contributed by atoms with Gasteiger partial charge in [-0.2, -0.15) is 0 Å². The topological polar surface area (TPSA) is 21.3 Å². The van der Waals surface area contributed by atoms with Crippen LogP contribution in [0.3, 0.4) is 0 Å². The van der Waals surface area contributed by atoms with Gasteiger partial charge >= 0.3 is 0 Å². The fourth-order valence-corrected chi connectivity index (χ4v) is 3.16. The summed E-state index contributed by atoms with van der Waals surface area (Å²) in [6.45, 7) is 7.80. The Labute approximate surface area is 120 Å². The molecule has 3 unspecified atom stereocenters. The van der Waals surface area contributed by atoms with Crippen LogP contribution in [-0.2, 0) is 4.74 Å². The van der Waals surface area contributed by atoms with Gasteiger partial charge in [0.25, 0.3) is 0 Å². The SMILES string of the molecule is CCCCCCC(C)OC1CCCCCC1NCC. The van der Waals surface area contributed by atoms with Crippen molar-refractivity contribution in [1.82, 2.24) is 5.32 Å². The lowest BCUT2D eigenvalue weighted by Crippen LogP contribution is -2.42. The van der Waals surface area contributed by atoms with Gasteiger partial charge in [0.05, 0.1) is 12.2 Å². The van der Waals surface area contributed by atoms with E-state index in [9.17, 15) is 0 Å². The summed E-state index contributed by atoms with van der Waals surface area (Å²) in [5.74, 6) is 0. The number of likely N-dealkylation sites (N-methyl/N-ethyl adjacent to an activating group) is 1. The van der Waals surface area contributed by atoms with Crippen molar-refractivity contribution in [2.24, 2.45) is 0 Å². The summed E-state index contributed by atoms with van der Waals surface area (Å²) >= 11 is 0. The Hall–Kier alpha value is -0.0800. The Morgan fingerprint density at radius 2 is 1.84 bits per heavy atom. The van der Waals surface area contributed by atoms with Crippen LogP contribution in [0.25, 0.3) is 0 Å². The standard InChI is InChI=1S/C17H35NO/c1-4-6-7-9-12-15(3)19-17-14-11-8-10-13-16(17)18-5-2/h15-18H,4-14H2,1-3H3. The second kappa shape index (κ2) is 10.7. The van der Waals surface area contributed by atoms with E-state index >= 15 is 0 Å². The van der Waals surface area contributed by atoms with Crippen molar-refractivity contribution in [2.45, 2.75) is 103 Å². The molecule has 0 heterocycles. The number of hydrogen-bond acceptors (Lipinski definition) is 2. The molecule has 0 saturated heterocycles. The first-order chi connectivity index (χ1) is 9.27. The van der Waals surface area contributed by atoms with Gasteiger partial charge in [0.2, 0.25) is 0 Å². The largest absolute Gasteiger partial charge is 0.374 e. The van der Waals surface area contributed by atoms with Crippen LogP contribution in [-0.4, -0.2) is 24.8 Å². The molecule has 114 valence electrons. The third kappa shape index (κ3) is 7.31. The average Bonchev–Trinajstić information content (AvgIpc) is 2.61. The van der Waals surface area contributed by atoms with E-state index < -0.39 is 0 Å². The number of unbranched alkanes of at least 4 members (excludes halogenated alkanes) is 3. The van der Waals surface area contributed by atoms with E-state index in [2.05, 4.69) is 26.1 Å². The summed E-state index contributed by atoms with van der Waals surface area (Å²) in [4.78, 5) is 0. The normalized spacial score (nSPS) is 26.1. The van der Waals surface area contributed by atoms with Crippen LogP contribution in [0, 0.1) is 0 Å². The van der Waals surface area contributed by atoms with Crippen LogP contribution < -0.4 is 5.32 Å². The molecule has 0 aliphatic heterocycles. The van der Waals surface area contributed by atoms with E-state index in [0.717, 1.165) is 6.54 Å². The number of hydrogen-bond donors (Lipinski definition) is 1. The van der Waals surface area contributed by atoms with Crippen LogP contribution in [0.4, 0.5) is 0 Å². The van der Waals surface area contributed by atoms with Crippen LogP contribution in [0.2, 0.25) is 0 Å². The van der Waals surface area contributed by atoms with Crippen LogP contribution in [0.15, 0.2) is 0 Å². The zero-order valence-corrected chi connectivity index (χ0v) is 13.4. The van der Waals surface area contributed by atoms with E-state index in [1.807, 2.05) is 0 Å². The Morgan fingerprint density at radius 3 is 2.58 bits per heavy atom. The predicted molar refractivity (Wildman–Crippen MR) is 83.6 cm³/mol. The number of rotatable bonds is 9. The molecule has 0 bridgehead atoms. The molecule has 2 nitrogen and oxygen atoms in total. The van der Waals surface area contributed by atoms with Gasteiger partial charge in [-0.25, -0.2) is 0 Å². The summed E-state index contributed by atoms with van der Waals surface area (Å²) in [6, 6.07) is 0.589. The second-order valence-electron chi connectivity index (χ2n) is 6.14. The molecule has 1 aliphatic rings. The predicted octanol–water partition coefficient (Wildman–Crippen LogP) is 4.67. The van der Waals surface area contributed by atoms with Crippen molar-refractivity contribution < 1.29 is 4.74 Å². The first-order valence-electron chi connectivity index (χ1n) is 8.66. The van der Waals surface area contributed by atoms with Crippen LogP contribution in [0.1, 0.15) is 85.0 Å². The van der Waals surface area contributed by atoms with Crippen LogP contribution >= 0.6 is 0 Å². The van der Waals surface area contributed by atoms with Gasteiger partial charge in [0.1, 0.15) is 0 Å². The third-order valence-corrected chi connectivity index (χ3v) is 4.29. The minimum Gasteiger partial charge on any atom is -0.374 e. The van der Waals surface area contributed by atoms with Gasteiger partial charge in [-0.1, -0.05) is 58.8 Å². The molecule has 1 N–H and O–H groups in total. The molecule has 1 fully saturated rings. The molecule has 0 radical (unpaired) electrons. The summed E-state index contributed by atoms with van der Waals surface area (Å²) in [5.41, 5.74) is 0. The monoisotopic (exact) mass is 269 g/mol. The van der Waals surface area contributed by atoms with E-state index in [1.165, 1.54) is 64.2 Å². The van der Waals surface area contributed by atoms with Gasteiger partial charge in [0.15, 0.2) is 0 Å². The molecular weight excluding hydrogens is 234 g/mol. The number of nitrogens with one attached hydrogen (secondary N) is 1. The maximum atomic E-state index is 6.35. The maximum absolute atomic E-state index is 6.35. The van der Waals surface area contributed by atoms with Gasteiger partial charge in [-0.3, -0.25) is 0 Å². The van der Waals surface area contributed by atoms with Crippen molar-refractivity contribution in [1.29, 1.82) is 0 Å². The lowest BCUT2D eigenvalue weighted by Gasteiger charge is -2.29. The average molecular weight is 269 g/mol. The van der Waals surface area contributed by atoms with Gasteiger partial charge in [0, 0.05) is 6.04 Å². The lowest BCUT2D eigenvalue weighted by molar-refractivity contribution is -0.0298. The highest BCUT2D eigenvalue weighted by Crippen LogP contribution is 2.23. The first-order valence-corrected chi connectivity index (χ1v) is 8.66. The smallest absolute Gasteiger partial charge is 0.0731 e. The van der Waals surface area contributed by atoms with Gasteiger partial charge in [-0.05, 0) is 32.7 Å². The molecular formula is C17H35NO. The molecule has 1 rings (SSSR count). The Kier molecular flexibility index (Phi) is 9.54. The minimum atomic E-state index is 0.432. The fraction of sp³-hybridized carbons (Fsp3) is 1.00. The molecule has 1 saturated carbocycles. The fourth-order valence-electron chi connectivity index (χ4n) is 3.16. The van der Waals surface area contributed by atoms with Crippen molar-refractivity contribution in [3.63, 3.8) is 0 Å². The highest BCUT2D eigenvalue weighted by atomic mass is 16.5. The molecule has 2 heteroatoms. The van der Waals surface area contributed by atoms with Crippen molar-refractivity contribution >= 4 is 0 Å². The zero-order valence-electron chi connectivity index (χ0n) is 13.4. The van der Waals surface area contributed by atoms with Crippen molar-refractivity contribution in [2.75, 3.05) is 6.54 Å². The van der Waals surface area contributed by atoms with Gasteiger partial charge < -0.3 is 10.1 Å². The molecule has 0 spiro atoms. The minimum absolute atomic E-state index is 0.432. The Morgan fingerprint density at radius 1 is 1.05 bits per heavy atom. The first kappa shape index (κ1) is 17.0.